The van der Waals surface area contributed by atoms with Crippen LogP contribution in [0.2, 0.25) is 0 Å². The lowest BCUT2D eigenvalue weighted by Crippen LogP contribution is -2.55. The molecule has 1 aromatic carbocycles. The first-order valence-corrected chi connectivity index (χ1v) is 6.39. The van der Waals surface area contributed by atoms with E-state index in [0.717, 1.165) is 12.1 Å². The molecule has 0 saturated heterocycles. The summed E-state index contributed by atoms with van der Waals surface area (Å²) in [7, 11) is 0. The number of aryl methyl sites for hydroxylation is 1. The van der Waals surface area contributed by atoms with Gasteiger partial charge < -0.3 is 5.32 Å². The largest absolute Gasteiger partial charge is 0.416 e. The maximum atomic E-state index is 12.9. The van der Waals surface area contributed by atoms with E-state index in [0.29, 0.717) is 11.3 Å². The molecular weight excluding hydrogens is 281 g/mol. The minimum Gasteiger partial charge on any atom is -0.371 e. The monoisotopic (exact) mass is 298 g/mol. The summed E-state index contributed by atoms with van der Waals surface area (Å²) in [5, 5.41) is 19.0. The Morgan fingerprint density at radius 3 is 2.33 bits per heavy atom. The number of hydrogen-bond acceptors (Lipinski definition) is 3. The number of benzene rings is 1. The molecule has 7 heteroatoms. The molecule has 2 rings (SSSR count). The molecular formula is C14H17F3N4. The molecule has 0 amide bonds. The molecule has 3 N–H and O–H groups in total. The number of hydrogen-bond donors (Lipinski definition) is 3. The lowest BCUT2D eigenvalue weighted by atomic mass is 9.94. The van der Waals surface area contributed by atoms with Crippen LogP contribution in [0.25, 0.3) is 0 Å². The summed E-state index contributed by atoms with van der Waals surface area (Å²) in [5.74, 6) is 0.226. The van der Waals surface area contributed by atoms with Gasteiger partial charge in [-0.1, -0.05) is 0 Å². The average Bonchev–Trinajstić information content (AvgIpc) is 2.29. The summed E-state index contributed by atoms with van der Waals surface area (Å²) in [5.41, 5.74) is -0.501. The summed E-state index contributed by atoms with van der Waals surface area (Å²) in [6.07, 6.45) is -4.43. The molecule has 0 saturated carbocycles. The zero-order valence-corrected chi connectivity index (χ0v) is 12.2. The van der Waals surface area contributed by atoms with Crippen LogP contribution in [-0.4, -0.2) is 17.2 Å². The highest BCUT2D eigenvalue weighted by Gasteiger charge is 2.39. The molecule has 1 aromatic rings. The minimum atomic E-state index is -4.43. The molecule has 1 aliphatic rings. The van der Waals surface area contributed by atoms with Gasteiger partial charge in [-0.25, -0.2) is 0 Å². The Balaban J connectivity index is 2.72. The minimum absolute atomic E-state index is 0.0960. The fourth-order valence-electron chi connectivity index (χ4n) is 2.46. The summed E-state index contributed by atoms with van der Waals surface area (Å²) < 4.78 is 38.8. The zero-order valence-electron chi connectivity index (χ0n) is 12.2. The second-order valence-corrected chi connectivity index (χ2v) is 5.71. The molecule has 0 atom stereocenters. The van der Waals surface area contributed by atoms with Gasteiger partial charge in [0, 0.05) is 0 Å². The van der Waals surface area contributed by atoms with E-state index in [4.69, 9.17) is 10.8 Å². The number of nitrogens with zero attached hydrogens (tertiary/aromatic N) is 1. The molecule has 0 spiro atoms. The SMILES string of the molecule is CC(=N)N1C(=N)C(C)(C)Nc2cc(C(F)(F)F)cc(C)c21. The fourth-order valence-corrected chi connectivity index (χ4v) is 2.46. The third-order valence-electron chi connectivity index (χ3n) is 3.45. The van der Waals surface area contributed by atoms with Gasteiger partial charge in [0.1, 0.15) is 11.7 Å². The Morgan fingerprint density at radius 2 is 1.86 bits per heavy atom. The van der Waals surface area contributed by atoms with Crippen LogP contribution in [0.3, 0.4) is 0 Å². The normalized spacial score (nSPS) is 17.3. The predicted molar refractivity (Wildman–Crippen MR) is 77.5 cm³/mol. The number of rotatable bonds is 0. The molecule has 4 nitrogen and oxygen atoms in total. The van der Waals surface area contributed by atoms with Crippen LogP contribution in [0.5, 0.6) is 0 Å². The van der Waals surface area contributed by atoms with E-state index >= 15 is 0 Å². The van der Waals surface area contributed by atoms with Crippen LogP contribution in [0.4, 0.5) is 24.5 Å². The van der Waals surface area contributed by atoms with Crippen molar-refractivity contribution in [3.63, 3.8) is 0 Å². The Labute approximate surface area is 121 Å². The molecule has 0 aliphatic carbocycles. The molecule has 0 radical (unpaired) electrons. The molecule has 0 fully saturated rings. The maximum Gasteiger partial charge on any atom is 0.416 e. The van der Waals surface area contributed by atoms with Gasteiger partial charge in [0.2, 0.25) is 0 Å². The summed E-state index contributed by atoms with van der Waals surface area (Å²) >= 11 is 0. The van der Waals surface area contributed by atoms with Gasteiger partial charge in [0.15, 0.2) is 0 Å². The van der Waals surface area contributed by atoms with Crippen molar-refractivity contribution in [3.8, 4) is 0 Å². The molecule has 1 aliphatic heterocycles. The van der Waals surface area contributed by atoms with Crippen molar-refractivity contribution in [1.82, 2.24) is 0 Å². The maximum absolute atomic E-state index is 12.9. The van der Waals surface area contributed by atoms with Crippen LogP contribution < -0.4 is 10.2 Å². The van der Waals surface area contributed by atoms with Gasteiger partial charge in [-0.05, 0) is 45.4 Å². The number of nitrogens with one attached hydrogen (secondary N) is 3. The van der Waals surface area contributed by atoms with E-state index < -0.39 is 17.3 Å². The van der Waals surface area contributed by atoms with Crippen LogP contribution in [-0.2, 0) is 6.18 Å². The highest BCUT2D eigenvalue weighted by atomic mass is 19.4. The number of fused-ring (bicyclic) bond motifs is 1. The number of alkyl halides is 3. The molecule has 0 aromatic heterocycles. The Morgan fingerprint density at radius 1 is 1.29 bits per heavy atom. The zero-order chi connectivity index (χ0) is 16.2. The van der Waals surface area contributed by atoms with Crippen molar-refractivity contribution in [2.45, 2.75) is 39.4 Å². The van der Waals surface area contributed by atoms with Gasteiger partial charge >= 0.3 is 6.18 Å². The smallest absolute Gasteiger partial charge is 0.371 e. The van der Waals surface area contributed by atoms with Crippen LogP contribution in [0.1, 0.15) is 31.9 Å². The first-order chi connectivity index (χ1) is 9.45. The van der Waals surface area contributed by atoms with E-state index in [1.165, 1.54) is 11.8 Å². The lowest BCUT2D eigenvalue weighted by Gasteiger charge is -2.42. The summed E-state index contributed by atoms with van der Waals surface area (Å²) in [4.78, 5) is 1.38. The van der Waals surface area contributed by atoms with E-state index in [2.05, 4.69) is 5.32 Å². The topological polar surface area (TPSA) is 63.0 Å². The lowest BCUT2D eigenvalue weighted by molar-refractivity contribution is -0.137. The molecule has 114 valence electrons. The predicted octanol–water partition coefficient (Wildman–Crippen LogP) is 4.00. The third-order valence-corrected chi connectivity index (χ3v) is 3.45. The van der Waals surface area contributed by atoms with Crippen molar-refractivity contribution < 1.29 is 13.2 Å². The van der Waals surface area contributed by atoms with Crippen molar-refractivity contribution >= 4 is 23.0 Å². The Kier molecular flexibility index (Phi) is 3.27. The summed E-state index contributed by atoms with van der Waals surface area (Å²) in [6, 6.07) is 2.08. The average molecular weight is 298 g/mol. The molecule has 21 heavy (non-hydrogen) atoms. The Hall–Kier alpha value is -2.05. The first kappa shape index (κ1) is 15.3. The molecule has 0 bridgehead atoms. The number of anilines is 2. The second-order valence-electron chi connectivity index (χ2n) is 5.71. The van der Waals surface area contributed by atoms with Crippen molar-refractivity contribution in [2.24, 2.45) is 0 Å². The van der Waals surface area contributed by atoms with E-state index in [1.807, 2.05) is 0 Å². The second kappa shape index (κ2) is 4.47. The van der Waals surface area contributed by atoms with Crippen LogP contribution in [0.15, 0.2) is 12.1 Å². The van der Waals surface area contributed by atoms with Gasteiger partial charge in [-0.2, -0.15) is 13.2 Å². The van der Waals surface area contributed by atoms with Crippen molar-refractivity contribution in [3.05, 3.63) is 23.3 Å². The van der Waals surface area contributed by atoms with Gasteiger partial charge in [0.05, 0.1) is 22.5 Å². The molecule has 1 heterocycles. The highest BCUT2D eigenvalue weighted by molar-refractivity contribution is 6.23. The van der Waals surface area contributed by atoms with Crippen molar-refractivity contribution in [1.29, 1.82) is 10.8 Å². The standard InChI is InChI=1S/C14H17F3N4/c1-7-5-9(14(15,16)17)6-10-11(7)21(8(2)18)12(19)13(3,4)20-10/h5-6,18-20H,1-4H3. The number of amidine groups is 2. The van der Waals surface area contributed by atoms with E-state index in [9.17, 15) is 13.2 Å². The van der Waals surface area contributed by atoms with Gasteiger partial charge in [-0.15, -0.1) is 0 Å². The number of halogens is 3. The molecule has 0 unspecified atom stereocenters. The third kappa shape index (κ3) is 2.48. The quantitative estimate of drug-likeness (QED) is 0.501. The Bertz CT molecular complexity index is 632. The van der Waals surface area contributed by atoms with E-state index in [1.54, 1.807) is 20.8 Å². The summed E-state index contributed by atoms with van der Waals surface area (Å²) in [6.45, 7) is 6.46. The van der Waals surface area contributed by atoms with Crippen molar-refractivity contribution in [2.75, 3.05) is 10.2 Å². The van der Waals surface area contributed by atoms with Gasteiger partial charge in [-0.3, -0.25) is 15.7 Å². The van der Waals surface area contributed by atoms with Crippen LogP contribution in [0, 0.1) is 17.7 Å². The first-order valence-electron chi connectivity index (χ1n) is 6.39. The van der Waals surface area contributed by atoms with E-state index in [-0.39, 0.29) is 17.4 Å². The fraction of sp³-hybridized carbons (Fsp3) is 0.429. The van der Waals surface area contributed by atoms with Crippen LogP contribution >= 0.6 is 0 Å². The highest BCUT2D eigenvalue weighted by Crippen LogP contribution is 2.42. The van der Waals surface area contributed by atoms with Gasteiger partial charge in [0.25, 0.3) is 0 Å².